The zero-order valence-corrected chi connectivity index (χ0v) is 16.6. The largest absolute Gasteiger partial charge is 0.368 e. The van der Waals surface area contributed by atoms with E-state index in [-0.39, 0.29) is 23.7 Å². The zero-order valence-electron chi connectivity index (χ0n) is 16.6. The summed E-state index contributed by atoms with van der Waals surface area (Å²) < 4.78 is 14.0. The summed E-state index contributed by atoms with van der Waals surface area (Å²) in [6.07, 6.45) is 3.28. The van der Waals surface area contributed by atoms with Crippen molar-refractivity contribution in [1.82, 2.24) is 20.2 Å². The summed E-state index contributed by atoms with van der Waals surface area (Å²) >= 11 is 0. The number of rotatable bonds is 5. The van der Waals surface area contributed by atoms with Gasteiger partial charge in [0, 0.05) is 36.5 Å². The van der Waals surface area contributed by atoms with Crippen LogP contribution in [0.3, 0.4) is 0 Å². The van der Waals surface area contributed by atoms with Crippen molar-refractivity contribution in [3.63, 3.8) is 0 Å². The highest BCUT2D eigenvalue weighted by atomic mass is 19.1. The summed E-state index contributed by atoms with van der Waals surface area (Å²) in [6.45, 7) is 2.07. The molecule has 1 aliphatic heterocycles. The maximum Gasteiger partial charge on any atom is 0.255 e. The Kier molecular flexibility index (Phi) is 5.99. The highest BCUT2D eigenvalue weighted by Gasteiger charge is 2.24. The lowest BCUT2D eigenvalue weighted by Crippen LogP contribution is -2.47. The number of nitrogens with zero attached hydrogens (tertiary/aromatic N) is 3. The molecule has 1 atom stereocenters. The monoisotopic (exact) mass is 405 g/mol. The Hall–Kier alpha value is -3.32. The van der Waals surface area contributed by atoms with Gasteiger partial charge >= 0.3 is 0 Å². The summed E-state index contributed by atoms with van der Waals surface area (Å²) in [4.78, 5) is 23.5. The Morgan fingerprint density at radius 1 is 1.17 bits per heavy atom. The average Bonchev–Trinajstić information content (AvgIpc) is 2.76. The molecule has 1 aromatic heterocycles. The number of benzene rings is 2. The fourth-order valence-electron chi connectivity index (χ4n) is 3.83. The number of hydrogen-bond donors (Lipinski definition) is 2. The van der Waals surface area contributed by atoms with Crippen LogP contribution in [0.5, 0.6) is 0 Å². The van der Waals surface area contributed by atoms with Gasteiger partial charge in [-0.25, -0.2) is 14.4 Å². The number of aromatic nitrogens is 2. The number of piperidine rings is 1. The minimum atomic E-state index is -0.230. The molecule has 0 spiro atoms. The molecule has 154 valence electrons. The van der Waals surface area contributed by atoms with Crippen LogP contribution in [0.4, 0.5) is 10.3 Å². The van der Waals surface area contributed by atoms with Gasteiger partial charge in [0.05, 0.1) is 11.3 Å². The number of anilines is 1. The van der Waals surface area contributed by atoms with E-state index in [1.807, 2.05) is 36.4 Å². The van der Waals surface area contributed by atoms with Crippen LogP contribution in [-0.4, -0.2) is 39.9 Å². The molecule has 30 heavy (non-hydrogen) atoms. The molecule has 0 saturated carbocycles. The van der Waals surface area contributed by atoms with E-state index in [2.05, 4.69) is 20.2 Å². The van der Waals surface area contributed by atoms with E-state index >= 15 is 0 Å². The fourth-order valence-corrected chi connectivity index (χ4v) is 3.83. The molecule has 1 aliphatic rings. The predicted molar refractivity (Wildman–Crippen MR) is 114 cm³/mol. The average molecular weight is 405 g/mol. The smallest absolute Gasteiger partial charge is 0.255 e. The van der Waals surface area contributed by atoms with Crippen molar-refractivity contribution in [3.05, 3.63) is 77.7 Å². The standard InChI is InChI=1S/C23H24FN5O/c24-20-11-5-4-9-17(20)14-29-12-6-10-18(15-29)27-22(30)19-13-26-23(25)28-21(19)16-7-2-1-3-8-16/h1-5,7-9,11,13,18H,6,10,12,14-15H2,(H,27,30)(H2,25,26,28)/t18-/m1/s1. The lowest BCUT2D eigenvalue weighted by atomic mass is 10.0. The third-order valence-corrected chi connectivity index (χ3v) is 5.29. The summed E-state index contributed by atoms with van der Waals surface area (Å²) in [5.41, 5.74) is 8.14. The number of likely N-dealkylation sites (tertiary alicyclic amines) is 1. The van der Waals surface area contributed by atoms with Gasteiger partial charge in [0.1, 0.15) is 5.82 Å². The zero-order chi connectivity index (χ0) is 20.9. The number of carbonyl (C=O) groups excluding carboxylic acids is 1. The van der Waals surface area contributed by atoms with Crippen molar-refractivity contribution in [3.8, 4) is 11.3 Å². The minimum absolute atomic E-state index is 0.0285. The summed E-state index contributed by atoms with van der Waals surface area (Å²) in [7, 11) is 0. The van der Waals surface area contributed by atoms with Crippen LogP contribution in [-0.2, 0) is 6.54 Å². The van der Waals surface area contributed by atoms with Crippen LogP contribution >= 0.6 is 0 Å². The molecule has 4 rings (SSSR count). The molecule has 0 unspecified atom stereocenters. The van der Waals surface area contributed by atoms with E-state index in [4.69, 9.17) is 5.73 Å². The Balaban J connectivity index is 1.47. The molecule has 0 radical (unpaired) electrons. The molecule has 3 N–H and O–H groups in total. The first-order chi connectivity index (χ1) is 14.6. The molecule has 3 aromatic rings. The number of nitrogens with one attached hydrogen (secondary N) is 1. The van der Waals surface area contributed by atoms with Crippen molar-refractivity contribution < 1.29 is 9.18 Å². The van der Waals surface area contributed by atoms with Crippen LogP contribution < -0.4 is 11.1 Å². The molecule has 1 amide bonds. The second kappa shape index (κ2) is 9.00. The number of nitrogens with two attached hydrogens (primary N) is 1. The SMILES string of the molecule is Nc1ncc(C(=O)N[C@@H]2CCCN(Cc3ccccc3F)C2)c(-c2ccccc2)n1. The van der Waals surface area contributed by atoms with Crippen LogP contribution in [0.2, 0.25) is 0 Å². The lowest BCUT2D eigenvalue weighted by Gasteiger charge is -2.33. The molecule has 1 saturated heterocycles. The van der Waals surface area contributed by atoms with E-state index in [1.54, 1.807) is 12.1 Å². The molecule has 6 nitrogen and oxygen atoms in total. The fraction of sp³-hybridized carbons (Fsp3) is 0.261. The van der Waals surface area contributed by atoms with E-state index in [1.165, 1.54) is 12.3 Å². The van der Waals surface area contributed by atoms with Crippen LogP contribution in [0.15, 0.2) is 60.8 Å². The van der Waals surface area contributed by atoms with E-state index < -0.39 is 0 Å². The van der Waals surface area contributed by atoms with Gasteiger partial charge in [-0.05, 0) is 25.5 Å². The van der Waals surface area contributed by atoms with Crippen molar-refractivity contribution in [2.75, 3.05) is 18.8 Å². The summed E-state index contributed by atoms with van der Waals surface area (Å²) in [6, 6.07) is 16.2. The second-order valence-electron chi connectivity index (χ2n) is 7.50. The number of hydrogen-bond acceptors (Lipinski definition) is 5. The highest BCUT2D eigenvalue weighted by molar-refractivity contribution is 6.00. The molecule has 0 bridgehead atoms. The highest BCUT2D eigenvalue weighted by Crippen LogP contribution is 2.22. The first-order valence-electron chi connectivity index (χ1n) is 10.0. The third-order valence-electron chi connectivity index (χ3n) is 5.29. The van der Waals surface area contributed by atoms with Gasteiger partial charge in [0.15, 0.2) is 0 Å². The van der Waals surface area contributed by atoms with E-state index in [0.29, 0.717) is 29.9 Å². The molecular weight excluding hydrogens is 381 g/mol. The first kappa shape index (κ1) is 20.0. The molecule has 1 fully saturated rings. The quantitative estimate of drug-likeness (QED) is 0.681. The van der Waals surface area contributed by atoms with Crippen molar-refractivity contribution >= 4 is 11.9 Å². The third kappa shape index (κ3) is 4.63. The van der Waals surface area contributed by atoms with E-state index in [0.717, 1.165) is 24.9 Å². The Bertz CT molecular complexity index is 1030. The topological polar surface area (TPSA) is 84.1 Å². The van der Waals surface area contributed by atoms with E-state index in [9.17, 15) is 9.18 Å². The number of amides is 1. The number of halogens is 1. The van der Waals surface area contributed by atoms with Crippen molar-refractivity contribution in [2.45, 2.75) is 25.4 Å². The summed E-state index contributed by atoms with van der Waals surface area (Å²) in [5.74, 6) is -0.305. The van der Waals surface area contributed by atoms with Gasteiger partial charge in [-0.15, -0.1) is 0 Å². The number of carbonyl (C=O) groups is 1. The van der Waals surface area contributed by atoms with Gasteiger partial charge < -0.3 is 11.1 Å². The molecule has 2 aromatic carbocycles. The van der Waals surface area contributed by atoms with Crippen LogP contribution in [0.25, 0.3) is 11.3 Å². The van der Waals surface area contributed by atoms with Gasteiger partial charge in [0.2, 0.25) is 5.95 Å². The van der Waals surface area contributed by atoms with Crippen LogP contribution in [0.1, 0.15) is 28.8 Å². The first-order valence-corrected chi connectivity index (χ1v) is 10.0. The van der Waals surface area contributed by atoms with Crippen LogP contribution in [0, 0.1) is 5.82 Å². The van der Waals surface area contributed by atoms with Gasteiger partial charge in [-0.1, -0.05) is 48.5 Å². The Morgan fingerprint density at radius 3 is 2.73 bits per heavy atom. The molecular formula is C23H24FN5O. The van der Waals surface area contributed by atoms with Crippen molar-refractivity contribution in [1.29, 1.82) is 0 Å². The normalized spacial score (nSPS) is 16.9. The van der Waals surface area contributed by atoms with Gasteiger partial charge in [-0.2, -0.15) is 0 Å². The van der Waals surface area contributed by atoms with Gasteiger partial charge in [0.25, 0.3) is 5.91 Å². The second-order valence-corrected chi connectivity index (χ2v) is 7.50. The molecule has 7 heteroatoms. The molecule has 2 heterocycles. The molecule has 0 aliphatic carbocycles. The summed E-state index contributed by atoms with van der Waals surface area (Å²) in [5, 5.41) is 3.10. The lowest BCUT2D eigenvalue weighted by molar-refractivity contribution is 0.0900. The Morgan fingerprint density at radius 2 is 1.93 bits per heavy atom. The number of nitrogen functional groups attached to an aromatic ring is 1. The maximum atomic E-state index is 14.0. The predicted octanol–water partition coefficient (Wildman–Crippen LogP) is 3.26. The minimum Gasteiger partial charge on any atom is -0.368 e. The maximum absolute atomic E-state index is 14.0. The van der Waals surface area contributed by atoms with Gasteiger partial charge in [-0.3, -0.25) is 9.69 Å². The Labute approximate surface area is 175 Å². The van der Waals surface area contributed by atoms with Crippen molar-refractivity contribution in [2.24, 2.45) is 0 Å².